The van der Waals surface area contributed by atoms with Crippen molar-refractivity contribution in [3.8, 4) is 46.3 Å². The monoisotopic (exact) mass is 613 g/mol. The number of pyridine rings is 1. The van der Waals surface area contributed by atoms with Crippen LogP contribution in [0.15, 0.2) is 83.6 Å². The number of carbonyl (C=O) groups is 2. The zero-order valence-electron chi connectivity index (χ0n) is 20.8. The van der Waals surface area contributed by atoms with Crippen LogP contribution in [0.1, 0.15) is 32.1 Å². The number of fused-ring (bicyclic) bond motifs is 16. The average Bonchev–Trinajstić information content (AvgIpc) is 3.79. The van der Waals surface area contributed by atoms with Gasteiger partial charge in [-0.25, -0.2) is 24.9 Å². The van der Waals surface area contributed by atoms with E-state index in [1.165, 1.54) is 25.1 Å². The Labute approximate surface area is 238 Å². The number of nitrogens with one attached hydrogen (secondary N) is 2. The van der Waals surface area contributed by atoms with Gasteiger partial charge in [0.15, 0.2) is 22.8 Å². The number of oxazole rings is 4. The minimum absolute atomic E-state index is 0.0771. The number of hydrogen-bond donors (Lipinski definition) is 2. The van der Waals surface area contributed by atoms with Crippen LogP contribution in [0.4, 0.5) is 0 Å². The van der Waals surface area contributed by atoms with Crippen LogP contribution in [0.25, 0.3) is 46.3 Å². The van der Waals surface area contributed by atoms with Crippen molar-refractivity contribution in [2.75, 3.05) is 0 Å². The van der Waals surface area contributed by atoms with E-state index in [4.69, 9.17) is 17.7 Å². The lowest BCUT2D eigenvalue weighted by Gasteiger charge is -2.09. The Balaban J connectivity index is 1.26. The van der Waals surface area contributed by atoms with Crippen LogP contribution in [0, 0.1) is 0 Å². The van der Waals surface area contributed by atoms with Crippen LogP contribution >= 0.6 is 15.9 Å². The summed E-state index contributed by atoms with van der Waals surface area (Å²) in [5.74, 6) is -0.260. The summed E-state index contributed by atoms with van der Waals surface area (Å²) in [4.78, 5) is 47.4. The first-order valence-electron chi connectivity index (χ1n) is 12.1. The van der Waals surface area contributed by atoms with Gasteiger partial charge in [-0.3, -0.25) is 9.59 Å². The second-order valence-electron chi connectivity index (χ2n) is 8.89. The zero-order valence-corrected chi connectivity index (χ0v) is 22.3. The summed E-state index contributed by atoms with van der Waals surface area (Å²) in [6, 6.07) is 10.7. The SMILES string of the molecule is O=C1NCc2cc(Br)cc(c2)CNC(=O)c2coc(n2)-c2coc(n2)-c2cccc(n2)-c2nc(co2)-c2nc1co2. The minimum atomic E-state index is -0.436. The van der Waals surface area contributed by atoms with Crippen LogP contribution in [0.5, 0.6) is 0 Å². The Morgan fingerprint density at radius 2 is 0.976 bits per heavy atom. The third-order valence-corrected chi connectivity index (χ3v) is 6.49. The molecule has 1 aliphatic heterocycles. The highest BCUT2D eigenvalue weighted by molar-refractivity contribution is 9.10. The van der Waals surface area contributed by atoms with Gasteiger partial charge in [0.1, 0.15) is 36.4 Å². The van der Waals surface area contributed by atoms with E-state index in [1.807, 2.05) is 18.2 Å². The molecule has 0 atom stereocenters. The van der Waals surface area contributed by atoms with E-state index in [2.05, 4.69) is 51.5 Å². The van der Waals surface area contributed by atoms with Crippen LogP contribution < -0.4 is 10.6 Å². The molecule has 0 fully saturated rings. The van der Waals surface area contributed by atoms with E-state index in [0.29, 0.717) is 11.4 Å². The lowest BCUT2D eigenvalue weighted by molar-refractivity contribution is 0.0938. The smallest absolute Gasteiger partial charge is 0.273 e. The number of rotatable bonds is 0. The third kappa shape index (κ3) is 4.91. The average molecular weight is 614 g/mol. The Hall–Kier alpha value is -5.37. The van der Waals surface area contributed by atoms with Gasteiger partial charge in [0.05, 0.1) is 0 Å². The molecule has 0 saturated heterocycles. The summed E-state index contributed by atoms with van der Waals surface area (Å²) >= 11 is 3.48. The highest BCUT2D eigenvalue weighted by Gasteiger charge is 2.20. The molecule has 5 aromatic heterocycles. The molecule has 1 aliphatic rings. The molecule has 2 N–H and O–H groups in total. The van der Waals surface area contributed by atoms with Crippen LogP contribution in [-0.2, 0) is 13.1 Å². The van der Waals surface area contributed by atoms with Crippen molar-refractivity contribution < 1.29 is 27.3 Å². The summed E-state index contributed by atoms with van der Waals surface area (Å²) in [6.45, 7) is 0.424. The normalized spacial score (nSPS) is 13.3. The fraction of sp³-hybridized carbons (Fsp3) is 0.0741. The molecule has 0 spiro atoms. The van der Waals surface area contributed by atoms with Crippen molar-refractivity contribution in [1.82, 2.24) is 35.6 Å². The number of hydrogen-bond acceptors (Lipinski definition) is 11. The molecule has 12 bridgehead atoms. The van der Waals surface area contributed by atoms with Crippen molar-refractivity contribution in [1.29, 1.82) is 0 Å². The Morgan fingerprint density at radius 1 is 0.561 bits per heavy atom. The molecular weight excluding hydrogens is 598 g/mol. The third-order valence-electron chi connectivity index (χ3n) is 6.03. The molecule has 202 valence electrons. The number of benzene rings is 1. The summed E-state index contributed by atoms with van der Waals surface area (Å²) in [6.07, 6.45) is 5.22. The second-order valence-corrected chi connectivity index (χ2v) is 9.81. The lowest BCUT2D eigenvalue weighted by Crippen LogP contribution is -2.24. The van der Waals surface area contributed by atoms with Gasteiger partial charge >= 0.3 is 0 Å². The predicted molar refractivity (Wildman–Crippen MR) is 143 cm³/mol. The number of carbonyl (C=O) groups excluding carboxylic acids is 2. The summed E-state index contributed by atoms with van der Waals surface area (Å²) < 4.78 is 23.0. The first-order chi connectivity index (χ1) is 20.0. The van der Waals surface area contributed by atoms with E-state index >= 15 is 0 Å². The maximum absolute atomic E-state index is 12.8. The highest BCUT2D eigenvalue weighted by atomic mass is 79.9. The molecule has 0 saturated carbocycles. The molecule has 14 heteroatoms. The van der Waals surface area contributed by atoms with Gasteiger partial charge in [0.25, 0.3) is 11.8 Å². The van der Waals surface area contributed by atoms with Crippen LogP contribution in [0.2, 0.25) is 0 Å². The fourth-order valence-corrected chi connectivity index (χ4v) is 4.70. The number of aromatic nitrogens is 5. The number of halogens is 1. The molecule has 41 heavy (non-hydrogen) atoms. The van der Waals surface area contributed by atoms with Gasteiger partial charge in [-0.15, -0.1) is 0 Å². The van der Waals surface area contributed by atoms with Gasteiger partial charge < -0.3 is 28.3 Å². The molecule has 6 heterocycles. The van der Waals surface area contributed by atoms with Crippen molar-refractivity contribution >= 4 is 27.7 Å². The van der Waals surface area contributed by atoms with Gasteiger partial charge in [0, 0.05) is 17.6 Å². The van der Waals surface area contributed by atoms with Crippen LogP contribution in [-0.4, -0.2) is 36.7 Å². The van der Waals surface area contributed by atoms with E-state index in [1.54, 1.807) is 18.2 Å². The van der Waals surface area contributed by atoms with Gasteiger partial charge in [-0.2, -0.15) is 0 Å². The van der Waals surface area contributed by atoms with Crippen LogP contribution in [0.3, 0.4) is 0 Å². The molecule has 0 aliphatic carbocycles. The fourth-order valence-electron chi connectivity index (χ4n) is 4.11. The second kappa shape index (κ2) is 9.98. The standard InChI is InChI=1S/C27H16BrN7O6/c28-15-5-13-4-14(6-15)8-30-23(37)19-10-39-27(33-19)21-12-41-25(35-21)17-3-1-2-16(31-17)24-34-20(11-40-24)26-32-18(9-38-26)22(36)29-7-13/h1-6,9-12H,7-8H2,(H,29,36)(H,30,37). The predicted octanol–water partition coefficient (Wildman–Crippen LogP) is 4.64. The summed E-state index contributed by atoms with van der Waals surface area (Å²) in [5.41, 5.74) is 3.14. The van der Waals surface area contributed by atoms with E-state index in [-0.39, 0.29) is 59.4 Å². The highest BCUT2D eigenvalue weighted by Crippen LogP contribution is 2.27. The van der Waals surface area contributed by atoms with Crippen molar-refractivity contribution in [3.63, 3.8) is 0 Å². The first-order valence-corrected chi connectivity index (χ1v) is 12.9. The molecule has 6 aromatic rings. The molecule has 7 rings (SSSR count). The van der Waals surface area contributed by atoms with Gasteiger partial charge in [0.2, 0.25) is 23.6 Å². The van der Waals surface area contributed by atoms with Gasteiger partial charge in [-0.05, 0) is 35.4 Å². The van der Waals surface area contributed by atoms with E-state index in [0.717, 1.165) is 15.6 Å². The molecule has 13 nitrogen and oxygen atoms in total. The Kier molecular flexibility index (Phi) is 6.00. The Bertz CT molecular complexity index is 1810. The van der Waals surface area contributed by atoms with Crippen molar-refractivity contribution in [2.45, 2.75) is 13.1 Å². The number of nitrogens with zero attached hydrogens (tertiary/aromatic N) is 5. The quantitative estimate of drug-likeness (QED) is 0.244. The maximum Gasteiger partial charge on any atom is 0.273 e. The molecule has 0 radical (unpaired) electrons. The lowest BCUT2D eigenvalue weighted by atomic mass is 10.1. The Morgan fingerprint density at radius 3 is 1.46 bits per heavy atom. The first kappa shape index (κ1) is 24.7. The summed E-state index contributed by atoms with van der Waals surface area (Å²) in [7, 11) is 0. The van der Waals surface area contributed by atoms with Crippen molar-refractivity contribution in [2.24, 2.45) is 0 Å². The molecule has 0 unspecified atom stereocenters. The molecule has 2 amide bonds. The number of amides is 2. The molecule has 1 aromatic carbocycles. The summed E-state index contributed by atoms with van der Waals surface area (Å²) in [5, 5.41) is 5.64. The van der Waals surface area contributed by atoms with Gasteiger partial charge in [-0.1, -0.05) is 28.1 Å². The zero-order chi connectivity index (χ0) is 27.9. The minimum Gasteiger partial charge on any atom is -0.442 e. The van der Waals surface area contributed by atoms with Crippen molar-refractivity contribution in [3.05, 3.63) is 88.4 Å². The topological polar surface area (TPSA) is 175 Å². The molecular formula is C27H16BrN7O6. The largest absolute Gasteiger partial charge is 0.442 e. The van der Waals surface area contributed by atoms with E-state index < -0.39 is 11.8 Å². The van der Waals surface area contributed by atoms with E-state index in [9.17, 15) is 9.59 Å². The maximum atomic E-state index is 12.8.